The Morgan fingerprint density at radius 2 is 1.93 bits per heavy atom. The van der Waals surface area contributed by atoms with Crippen molar-refractivity contribution in [2.24, 2.45) is 5.73 Å². The quantitative estimate of drug-likeness (QED) is 0.657. The fourth-order valence-electron chi connectivity index (χ4n) is 2.98. The van der Waals surface area contributed by atoms with Gasteiger partial charge in [0.25, 0.3) is 5.91 Å². The normalized spacial score (nSPS) is 10.6. The van der Waals surface area contributed by atoms with Crippen molar-refractivity contribution in [3.63, 3.8) is 0 Å². The van der Waals surface area contributed by atoms with Crippen LogP contribution in [-0.4, -0.2) is 29.6 Å². The van der Waals surface area contributed by atoms with Gasteiger partial charge < -0.3 is 15.2 Å². The highest BCUT2D eigenvalue weighted by Gasteiger charge is 2.17. The van der Waals surface area contributed by atoms with Crippen LogP contribution in [0.1, 0.15) is 28.5 Å². The number of nitrogens with zero attached hydrogens (tertiary/aromatic N) is 2. The summed E-state index contributed by atoms with van der Waals surface area (Å²) in [4.78, 5) is 20.0. The minimum atomic E-state index is -0.799. The van der Waals surface area contributed by atoms with Crippen LogP contribution in [0.3, 0.4) is 0 Å². The number of nitrogens with two attached hydrogens (primary N) is 1. The van der Waals surface area contributed by atoms with Crippen molar-refractivity contribution in [2.45, 2.75) is 13.3 Å². The molecule has 0 fully saturated rings. The number of carbonyl (C=O) groups excluding carboxylic acids is 1. The predicted molar refractivity (Wildman–Crippen MR) is 103 cm³/mol. The van der Waals surface area contributed by atoms with Gasteiger partial charge in [0.2, 0.25) is 0 Å². The lowest BCUT2D eigenvalue weighted by atomic mass is 10.0. The monoisotopic (exact) mass is 399 g/mol. The Morgan fingerprint density at radius 3 is 2.62 bits per heavy atom. The molecule has 6 nitrogen and oxygen atoms in total. The molecule has 2 N–H and O–H groups in total. The third-order valence-electron chi connectivity index (χ3n) is 4.20. The van der Waals surface area contributed by atoms with Crippen LogP contribution in [0, 0.1) is 11.6 Å². The number of amides is 1. The highest BCUT2D eigenvalue weighted by Crippen LogP contribution is 2.30. The molecular weight excluding hydrogens is 380 g/mol. The van der Waals surface area contributed by atoms with E-state index in [1.165, 1.54) is 43.8 Å². The number of methoxy groups -OCH3 is 1. The van der Waals surface area contributed by atoms with Crippen molar-refractivity contribution in [3.05, 3.63) is 71.2 Å². The summed E-state index contributed by atoms with van der Waals surface area (Å²) in [5, 5.41) is 0. The van der Waals surface area contributed by atoms with E-state index < -0.39 is 17.5 Å². The van der Waals surface area contributed by atoms with Crippen molar-refractivity contribution < 1.29 is 23.0 Å². The van der Waals surface area contributed by atoms with Crippen LogP contribution in [-0.2, 0) is 6.42 Å². The first kappa shape index (κ1) is 20.2. The average Bonchev–Trinajstić information content (AvgIpc) is 2.69. The molecule has 0 aliphatic carbocycles. The van der Waals surface area contributed by atoms with E-state index >= 15 is 0 Å². The van der Waals surface area contributed by atoms with Gasteiger partial charge in [-0.2, -0.15) is 0 Å². The molecule has 29 heavy (non-hydrogen) atoms. The second-order valence-electron chi connectivity index (χ2n) is 6.17. The summed E-state index contributed by atoms with van der Waals surface area (Å²) >= 11 is 0. The van der Waals surface area contributed by atoms with Crippen LogP contribution < -0.4 is 15.2 Å². The zero-order valence-electron chi connectivity index (χ0n) is 15.9. The van der Waals surface area contributed by atoms with Gasteiger partial charge in [-0.1, -0.05) is 0 Å². The second kappa shape index (κ2) is 8.64. The number of rotatable bonds is 7. The van der Waals surface area contributed by atoms with E-state index in [-0.39, 0.29) is 17.7 Å². The highest BCUT2D eigenvalue weighted by molar-refractivity contribution is 5.96. The van der Waals surface area contributed by atoms with E-state index in [2.05, 4.69) is 9.97 Å². The molecule has 0 saturated carbocycles. The number of hydrogen-bond donors (Lipinski definition) is 1. The molecule has 2 aromatic carbocycles. The molecule has 1 aromatic heterocycles. The van der Waals surface area contributed by atoms with Crippen LogP contribution in [0.25, 0.3) is 11.3 Å². The number of benzene rings is 2. The molecule has 0 bridgehead atoms. The molecule has 0 atom stereocenters. The van der Waals surface area contributed by atoms with Gasteiger partial charge in [-0.15, -0.1) is 0 Å². The number of ether oxygens (including phenoxy) is 2. The van der Waals surface area contributed by atoms with E-state index in [9.17, 15) is 13.6 Å². The summed E-state index contributed by atoms with van der Waals surface area (Å²) in [5.41, 5.74) is 7.23. The van der Waals surface area contributed by atoms with Crippen LogP contribution in [0.4, 0.5) is 8.78 Å². The third kappa shape index (κ3) is 4.48. The average molecular weight is 399 g/mol. The van der Waals surface area contributed by atoms with Gasteiger partial charge in [0, 0.05) is 17.7 Å². The SMILES string of the molecule is CCOc1ccc(F)cc1-c1cc(Cc2cc(F)c(OC)c(C(N)=O)c2)ncn1. The van der Waals surface area contributed by atoms with Gasteiger partial charge in [-0.3, -0.25) is 4.79 Å². The van der Waals surface area contributed by atoms with Crippen LogP contribution in [0.5, 0.6) is 11.5 Å². The number of carbonyl (C=O) groups is 1. The number of primary amides is 1. The lowest BCUT2D eigenvalue weighted by Gasteiger charge is -2.12. The molecular formula is C21H19F2N3O3. The van der Waals surface area contributed by atoms with E-state index in [0.717, 1.165) is 0 Å². The maximum Gasteiger partial charge on any atom is 0.252 e. The van der Waals surface area contributed by atoms with Gasteiger partial charge >= 0.3 is 0 Å². The minimum absolute atomic E-state index is 0.0551. The molecule has 0 aliphatic heterocycles. The minimum Gasteiger partial charge on any atom is -0.493 e. The molecule has 1 amide bonds. The molecule has 0 spiro atoms. The zero-order valence-corrected chi connectivity index (χ0v) is 15.9. The maximum atomic E-state index is 14.3. The Labute approximate surface area is 166 Å². The van der Waals surface area contributed by atoms with E-state index in [1.54, 1.807) is 6.07 Å². The van der Waals surface area contributed by atoms with Crippen molar-refractivity contribution in [1.82, 2.24) is 9.97 Å². The smallest absolute Gasteiger partial charge is 0.252 e. The summed E-state index contributed by atoms with van der Waals surface area (Å²) in [7, 11) is 1.26. The van der Waals surface area contributed by atoms with Crippen molar-refractivity contribution in [1.29, 1.82) is 0 Å². The van der Waals surface area contributed by atoms with E-state index in [1.807, 2.05) is 6.92 Å². The molecule has 0 aliphatic rings. The number of halogens is 2. The molecule has 0 unspecified atom stereocenters. The summed E-state index contributed by atoms with van der Waals surface area (Å²) in [6, 6.07) is 8.54. The Hall–Kier alpha value is -3.55. The van der Waals surface area contributed by atoms with E-state index in [4.69, 9.17) is 15.2 Å². The summed E-state index contributed by atoms with van der Waals surface area (Å²) < 4.78 is 38.5. The lowest BCUT2D eigenvalue weighted by Crippen LogP contribution is -2.14. The highest BCUT2D eigenvalue weighted by atomic mass is 19.1. The number of aromatic nitrogens is 2. The van der Waals surface area contributed by atoms with Crippen LogP contribution in [0.2, 0.25) is 0 Å². The zero-order chi connectivity index (χ0) is 21.0. The van der Waals surface area contributed by atoms with Crippen LogP contribution >= 0.6 is 0 Å². The Balaban J connectivity index is 1.98. The summed E-state index contributed by atoms with van der Waals surface area (Å²) in [5.74, 6) is -1.63. The standard InChI is InChI=1S/C21H19F2N3O3/c1-3-29-19-5-4-13(22)9-15(19)18-10-14(25-11-26-18)6-12-7-16(21(24)27)20(28-2)17(23)8-12/h4-5,7-11H,3,6H2,1-2H3,(H2,24,27). The largest absolute Gasteiger partial charge is 0.493 e. The predicted octanol–water partition coefficient (Wildman–Crippen LogP) is 3.52. The molecule has 8 heteroatoms. The van der Waals surface area contributed by atoms with Gasteiger partial charge in [0.05, 0.1) is 25.0 Å². The topological polar surface area (TPSA) is 87.3 Å². The second-order valence-corrected chi connectivity index (χ2v) is 6.17. The summed E-state index contributed by atoms with van der Waals surface area (Å²) in [6.07, 6.45) is 1.54. The fraction of sp³-hybridized carbons (Fsp3) is 0.190. The molecule has 150 valence electrons. The molecule has 0 radical (unpaired) electrons. The lowest BCUT2D eigenvalue weighted by molar-refractivity contribution is 0.0996. The number of hydrogen-bond acceptors (Lipinski definition) is 5. The van der Waals surface area contributed by atoms with Gasteiger partial charge in [-0.25, -0.2) is 18.7 Å². The first-order valence-corrected chi connectivity index (χ1v) is 8.82. The fourth-order valence-corrected chi connectivity index (χ4v) is 2.98. The van der Waals surface area contributed by atoms with Crippen molar-refractivity contribution >= 4 is 5.91 Å². The molecule has 0 saturated heterocycles. The Bertz CT molecular complexity index is 1060. The molecule has 1 heterocycles. The first-order valence-electron chi connectivity index (χ1n) is 8.82. The molecule has 3 rings (SSSR count). The van der Waals surface area contributed by atoms with Crippen molar-refractivity contribution in [3.8, 4) is 22.8 Å². The Morgan fingerprint density at radius 1 is 1.14 bits per heavy atom. The van der Waals surface area contributed by atoms with Gasteiger partial charge in [-0.05, 0) is 48.9 Å². The van der Waals surface area contributed by atoms with Crippen molar-refractivity contribution in [2.75, 3.05) is 13.7 Å². The third-order valence-corrected chi connectivity index (χ3v) is 4.20. The van der Waals surface area contributed by atoms with Gasteiger partial charge in [0.15, 0.2) is 11.6 Å². The summed E-state index contributed by atoms with van der Waals surface area (Å²) in [6.45, 7) is 2.24. The van der Waals surface area contributed by atoms with Gasteiger partial charge in [0.1, 0.15) is 17.9 Å². The van der Waals surface area contributed by atoms with Crippen LogP contribution in [0.15, 0.2) is 42.7 Å². The Kier molecular flexibility index (Phi) is 6.01. The first-order chi connectivity index (χ1) is 13.9. The van der Waals surface area contributed by atoms with E-state index in [0.29, 0.717) is 34.9 Å². The maximum absolute atomic E-state index is 14.3. The molecule has 3 aromatic rings.